The highest BCUT2D eigenvalue weighted by atomic mass is 16.5. The summed E-state index contributed by atoms with van der Waals surface area (Å²) in [6.45, 7) is 6.05. The van der Waals surface area contributed by atoms with Crippen molar-refractivity contribution >= 4 is 12.4 Å². The number of amides is 1. The molecule has 5 nitrogen and oxygen atoms in total. The molecule has 0 unspecified atom stereocenters. The number of hydrogen-bond acceptors (Lipinski definition) is 3. The Morgan fingerprint density at radius 1 is 1.32 bits per heavy atom. The van der Waals surface area contributed by atoms with Crippen LogP contribution in [-0.2, 0) is 0 Å². The van der Waals surface area contributed by atoms with E-state index in [1.165, 1.54) is 4.90 Å². The molecule has 0 radical (unpaired) electrons. The van der Waals surface area contributed by atoms with Crippen molar-refractivity contribution in [1.82, 2.24) is 4.90 Å². The van der Waals surface area contributed by atoms with Gasteiger partial charge >= 0.3 is 6.09 Å². The minimum absolute atomic E-state index is 0.268. The van der Waals surface area contributed by atoms with Crippen molar-refractivity contribution in [3.05, 3.63) is 29.8 Å². The van der Waals surface area contributed by atoms with E-state index < -0.39 is 11.6 Å². The second-order valence-corrected chi connectivity index (χ2v) is 5.14. The molecule has 0 aliphatic rings. The van der Waals surface area contributed by atoms with Gasteiger partial charge in [0, 0.05) is 11.1 Å². The van der Waals surface area contributed by atoms with Gasteiger partial charge in [0.15, 0.2) is 0 Å². The van der Waals surface area contributed by atoms with Crippen molar-refractivity contribution in [3.63, 3.8) is 0 Å². The quantitative estimate of drug-likeness (QED) is 0.831. The molecular weight excluding hydrogens is 246 g/mol. The van der Waals surface area contributed by atoms with Gasteiger partial charge < -0.3 is 14.7 Å². The Balaban J connectivity index is 2.52. The minimum Gasteiger partial charge on any atom is -0.492 e. The zero-order valence-electron chi connectivity index (χ0n) is 11.4. The van der Waals surface area contributed by atoms with Crippen LogP contribution in [0.2, 0.25) is 0 Å². The maximum absolute atomic E-state index is 11.1. The SMILES string of the molecule is CC(C)(C)N(CCOc1ccc(C=O)cc1)C(=O)O. The third-order valence-electron chi connectivity index (χ3n) is 2.64. The lowest BCUT2D eigenvalue weighted by molar-refractivity contribution is 0.0891. The smallest absolute Gasteiger partial charge is 0.407 e. The van der Waals surface area contributed by atoms with Crippen LogP contribution in [0.5, 0.6) is 5.75 Å². The first-order chi connectivity index (χ1) is 8.84. The van der Waals surface area contributed by atoms with E-state index in [2.05, 4.69) is 0 Å². The standard InChI is InChI=1S/C14H19NO4/c1-14(2,3)15(13(17)18)8-9-19-12-6-4-11(10-16)5-7-12/h4-7,10H,8-9H2,1-3H3,(H,17,18). The van der Waals surface area contributed by atoms with Gasteiger partial charge in [-0.05, 0) is 45.0 Å². The number of carbonyl (C=O) groups is 2. The normalized spacial score (nSPS) is 10.9. The van der Waals surface area contributed by atoms with E-state index in [1.807, 2.05) is 20.8 Å². The summed E-state index contributed by atoms with van der Waals surface area (Å²) in [5, 5.41) is 9.11. The molecule has 1 amide bonds. The highest BCUT2D eigenvalue weighted by Gasteiger charge is 2.25. The van der Waals surface area contributed by atoms with Crippen LogP contribution in [0.25, 0.3) is 0 Å². The van der Waals surface area contributed by atoms with Crippen LogP contribution in [0.4, 0.5) is 4.79 Å². The number of ether oxygens (including phenoxy) is 1. The Bertz CT molecular complexity index is 434. The summed E-state index contributed by atoms with van der Waals surface area (Å²) in [4.78, 5) is 22.9. The molecule has 0 heterocycles. The molecule has 0 fully saturated rings. The van der Waals surface area contributed by atoms with Crippen LogP contribution < -0.4 is 4.74 Å². The van der Waals surface area contributed by atoms with Gasteiger partial charge in [0.1, 0.15) is 18.6 Å². The minimum atomic E-state index is -0.965. The number of rotatable bonds is 5. The number of carboxylic acid groups (broad SMARTS) is 1. The summed E-state index contributed by atoms with van der Waals surface area (Å²) in [6.07, 6.45) is -0.206. The zero-order chi connectivity index (χ0) is 14.5. The summed E-state index contributed by atoms with van der Waals surface area (Å²) in [7, 11) is 0. The number of hydrogen-bond donors (Lipinski definition) is 1. The van der Waals surface area contributed by atoms with Gasteiger partial charge in [-0.15, -0.1) is 0 Å². The molecule has 19 heavy (non-hydrogen) atoms. The molecule has 0 aromatic heterocycles. The molecule has 0 aliphatic heterocycles. The van der Waals surface area contributed by atoms with Gasteiger partial charge in [0.25, 0.3) is 0 Å². The number of carbonyl (C=O) groups excluding carboxylic acids is 1. The van der Waals surface area contributed by atoms with Gasteiger partial charge in [0.05, 0.1) is 6.54 Å². The molecule has 1 aromatic carbocycles. The van der Waals surface area contributed by atoms with Gasteiger partial charge in [-0.2, -0.15) is 0 Å². The fourth-order valence-electron chi connectivity index (χ4n) is 1.62. The predicted octanol–water partition coefficient (Wildman–Crippen LogP) is 2.66. The Morgan fingerprint density at radius 3 is 2.32 bits per heavy atom. The van der Waals surface area contributed by atoms with Crippen molar-refractivity contribution < 1.29 is 19.4 Å². The van der Waals surface area contributed by atoms with E-state index >= 15 is 0 Å². The molecule has 104 valence electrons. The van der Waals surface area contributed by atoms with Crippen LogP contribution in [0.15, 0.2) is 24.3 Å². The topological polar surface area (TPSA) is 66.8 Å². The summed E-state index contributed by atoms with van der Waals surface area (Å²) in [5.74, 6) is 0.616. The molecule has 1 N–H and O–H groups in total. The summed E-state index contributed by atoms with van der Waals surface area (Å²) >= 11 is 0. The first-order valence-electron chi connectivity index (χ1n) is 6.03. The molecule has 0 aliphatic carbocycles. The summed E-state index contributed by atoms with van der Waals surface area (Å²) in [6, 6.07) is 6.68. The third-order valence-corrected chi connectivity index (χ3v) is 2.64. The van der Waals surface area contributed by atoms with Crippen molar-refractivity contribution in [2.45, 2.75) is 26.3 Å². The molecule has 1 rings (SSSR count). The van der Waals surface area contributed by atoms with Crippen molar-refractivity contribution in [2.24, 2.45) is 0 Å². The summed E-state index contributed by atoms with van der Waals surface area (Å²) < 4.78 is 5.46. The second kappa shape index (κ2) is 6.22. The predicted molar refractivity (Wildman–Crippen MR) is 71.8 cm³/mol. The van der Waals surface area contributed by atoms with Crippen LogP contribution in [0.1, 0.15) is 31.1 Å². The number of benzene rings is 1. The average molecular weight is 265 g/mol. The lowest BCUT2D eigenvalue weighted by Crippen LogP contribution is -2.46. The molecule has 0 bridgehead atoms. The highest BCUT2D eigenvalue weighted by molar-refractivity contribution is 5.74. The number of nitrogens with zero attached hydrogens (tertiary/aromatic N) is 1. The van der Waals surface area contributed by atoms with Crippen LogP contribution in [-0.4, -0.2) is 41.1 Å². The Kier molecular flexibility index (Phi) is 4.92. The van der Waals surface area contributed by atoms with E-state index in [0.717, 1.165) is 6.29 Å². The fourth-order valence-corrected chi connectivity index (χ4v) is 1.62. The van der Waals surface area contributed by atoms with Gasteiger partial charge in [0.2, 0.25) is 0 Å². The molecule has 1 aromatic rings. The fraction of sp³-hybridized carbons (Fsp3) is 0.429. The zero-order valence-corrected chi connectivity index (χ0v) is 11.4. The lowest BCUT2D eigenvalue weighted by Gasteiger charge is -2.32. The molecular formula is C14H19NO4. The van der Waals surface area contributed by atoms with Crippen LogP contribution in [0, 0.1) is 0 Å². The molecule has 0 saturated heterocycles. The van der Waals surface area contributed by atoms with Gasteiger partial charge in [-0.1, -0.05) is 0 Å². The Hall–Kier alpha value is -2.04. The molecule has 0 spiro atoms. The average Bonchev–Trinajstić information content (AvgIpc) is 2.33. The first kappa shape index (κ1) is 15.0. The van der Waals surface area contributed by atoms with Crippen molar-refractivity contribution in [3.8, 4) is 5.75 Å². The van der Waals surface area contributed by atoms with E-state index in [0.29, 0.717) is 11.3 Å². The van der Waals surface area contributed by atoms with Crippen LogP contribution >= 0.6 is 0 Å². The van der Waals surface area contributed by atoms with E-state index in [1.54, 1.807) is 24.3 Å². The molecule has 0 atom stereocenters. The second-order valence-electron chi connectivity index (χ2n) is 5.14. The number of aldehydes is 1. The van der Waals surface area contributed by atoms with Gasteiger partial charge in [-0.3, -0.25) is 4.79 Å². The Labute approximate surface area is 112 Å². The van der Waals surface area contributed by atoms with Crippen molar-refractivity contribution in [2.75, 3.05) is 13.2 Å². The van der Waals surface area contributed by atoms with E-state index in [9.17, 15) is 9.59 Å². The highest BCUT2D eigenvalue weighted by Crippen LogP contribution is 2.14. The third kappa shape index (κ3) is 4.62. The van der Waals surface area contributed by atoms with Gasteiger partial charge in [-0.25, -0.2) is 4.79 Å². The van der Waals surface area contributed by atoms with E-state index in [-0.39, 0.29) is 13.2 Å². The largest absolute Gasteiger partial charge is 0.492 e. The van der Waals surface area contributed by atoms with Crippen molar-refractivity contribution in [1.29, 1.82) is 0 Å². The van der Waals surface area contributed by atoms with E-state index in [4.69, 9.17) is 9.84 Å². The first-order valence-corrected chi connectivity index (χ1v) is 6.03. The van der Waals surface area contributed by atoms with Crippen LogP contribution in [0.3, 0.4) is 0 Å². The monoisotopic (exact) mass is 265 g/mol. The molecule has 0 saturated carbocycles. The molecule has 5 heteroatoms. The lowest BCUT2D eigenvalue weighted by atomic mass is 10.1. The summed E-state index contributed by atoms with van der Waals surface area (Å²) in [5.41, 5.74) is 0.116. The maximum Gasteiger partial charge on any atom is 0.407 e. The Morgan fingerprint density at radius 2 is 1.89 bits per heavy atom. The maximum atomic E-state index is 11.1.